The number of aliphatic carboxylic acids is 2. The predicted octanol–water partition coefficient (Wildman–Crippen LogP) is -3.27. The SMILES string of the molecule is CSCCC(NC(=O)C(CC(N)=O)NC(=O)C(NC(=O)C(N)CCC(=O)O)C(C)O)C(=O)O. The molecule has 15 heteroatoms. The maximum Gasteiger partial charge on any atom is 0.326 e. The summed E-state index contributed by atoms with van der Waals surface area (Å²) in [4.78, 5) is 70.6. The van der Waals surface area contributed by atoms with Gasteiger partial charge in [0.15, 0.2) is 0 Å². The molecule has 4 amide bonds. The normalized spacial score (nSPS) is 15.3. The van der Waals surface area contributed by atoms with Gasteiger partial charge in [0.05, 0.1) is 18.6 Å². The number of hydrogen-bond acceptors (Lipinski definition) is 9. The lowest BCUT2D eigenvalue weighted by Gasteiger charge is -2.26. The van der Waals surface area contributed by atoms with E-state index in [0.29, 0.717) is 5.75 Å². The number of aliphatic hydroxyl groups is 1. The maximum atomic E-state index is 12.6. The van der Waals surface area contributed by atoms with Gasteiger partial charge >= 0.3 is 11.9 Å². The Labute approximate surface area is 194 Å². The molecule has 10 N–H and O–H groups in total. The minimum absolute atomic E-state index is 0.0834. The first-order valence-corrected chi connectivity index (χ1v) is 11.3. The zero-order valence-electron chi connectivity index (χ0n) is 18.3. The third-order valence-corrected chi connectivity index (χ3v) is 4.98. The number of amides is 4. The lowest BCUT2D eigenvalue weighted by Crippen LogP contribution is -2.60. The van der Waals surface area contributed by atoms with Crippen LogP contribution < -0.4 is 27.4 Å². The summed E-state index contributed by atoms with van der Waals surface area (Å²) >= 11 is 1.35. The van der Waals surface area contributed by atoms with Gasteiger partial charge in [-0.2, -0.15) is 11.8 Å². The maximum absolute atomic E-state index is 12.6. The fourth-order valence-corrected chi connectivity index (χ4v) is 2.98. The van der Waals surface area contributed by atoms with Crippen LogP contribution in [0.25, 0.3) is 0 Å². The Balaban J connectivity index is 5.38. The number of primary amides is 1. The summed E-state index contributed by atoms with van der Waals surface area (Å²) in [7, 11) is 0. The van der Waals surface area contributed by atoms with E-state index in [-0.39, 0.29) is 12.8 Å². The fraction of sp³-hybridized carbons (Fsp3) is 0.667. The van der Waals surface area contributed by atoms with Crippen LogP contribution in [0.1, 0.15) is 32.6 Å². The number of carboxylic acids is 2. The summed E-state index contributed by atoms with van der Waals surface area (Å²) in [5, 5.41) is 34.4. The number of nitrogens with one attached hydrogen (secondary N) is 3. The Morgan fingerprint density at radius 1 is 0.909 bits per heavy atom. The van der Waals surface area contributed by atoms with E-state index in [1.807, 2.05) is 0 Å². The van der Waals surface area contributed by atoms with Crippen molar-refractivity contribution in [2.45, 2.75) is 62.9 Å². The van der Waals surface area contributed by atoms with Crippen molar-refractivity contribution in [3.8, 4) is 0 Å². The number of thioether (sulfide) groups is 1. The van der Waals surface area contributed by atoms with Crippen LogP contribution in [0.15, 0.2) is 0 Å². The second-order valence-electron chi connectivity index (χ2n) is 7.18. The Bertz CT molecular complexity index is 734. The van der Waals surface area contributed by atoms with E-state index >= 15 is 0 Å². The molecule has 188 valence electrons. The molecule has 0 aliphatic heterocycles. The van der Waals surface area contributed by atoms with Crippen LogP contribution in [0.5, 0.6) is 0 Å². The molecule has 0 aromatic heterocycles. The Hall–Kier alpha value is -2.91. The summed E-state index contributed by atoms with van der Waals surface area (Å²) in [6.45, 7) is 1.17. The molecule has 0 aliphatic carbocycles. The molecule has 14 nitrogen and oxygen atoms in total. The molecule has 33 heavy (non-hydrogen) atoms. The molecule has 0 fully saturated rings. The zero-order valence-corrected chi connectivity index (χ0v) is 19.1. The molecule has 0 bridgehead atoms. The van der Waals surface area contributed by atoms with Gasteiger partial charge in [-0.3, -0.25) is 24.0 Å². The van der Waals surface area contributed by atoms with Crippen LogP contribution in [0, 0.1) is 0 Å². The highest BCUT2D eigenvalue weighted by molar-refractivity contribution is 7.98. The van der Waals surface area contributed by atoms with Crippen LogP contribution >= 0.6 is 11.8 Å². The van der Waals surface area contributed by atoms with Gasteiger partial charge in [-0.05, 0) is 31.8 Å². The van der Waals surface area contributed by atoms with Crippen molar-refractivity contribution in [1.82, 2.24) is 16.0 Å². The van der Waals surface area contributed by atoms with E-state index in [9.17, 15) is 39.0 Å². The molecule has 0 aromatic rings. The van der Waals surface area contributed by atoms with Crippen LogP contribution in [0.3, 0.4) is 0 Å². The van der Waals surface area contributed by atoms with Crippen molar-refractivity contribution in [2.75, 3.05) is 12.0 Å². The summed E-state index contributed by atoms with van der Waals surface area (Å²) in [5.41, 5.74) is 10.7. The number of nitrogens with two attached hydrogens (primary N) is 2. The lowest BCUT2D eigenvalue weighted by molar-refractivity contribution is -0.142. The van der Waals surface area contributed by atoms with Gasteiger partial charge < -0.3 is 42.7 Å². The van der Waals surface area contributed by atoms with Crippen LogP contribution in [0.2, 0.25) is 0 Å². The molecule has 0 saturated heterocycles. The Kier molecular flexibility index (Phi) is 13.7. The van der Waals surface area contributed by atoms with E-state index < -0.39 is 78.7 Å². The van der Waals surface area contributed by atoms with E-state index in [1.54, 1.807) is 6.26 Å². The molecule has 0 spiro atoms. The lowest BCUT2D eigenvalue weighted by atomic mass is 10.1. The highest BCUT2D eigenvalue weighted by atomic mass is 32.2. The summed E-state index contributed by atoms with van der Waals surface area (Å²) < 4.78 is 0. The second kappa shape index (κ2) is 15.0. The largest absolute Gasteiger partial charge is 0.481 e. The number of carbonyl (C=O) groups excluding carboxylic acids is 4. The fourth-order valence-electron chi connectivity index (χ4n) is 2.51. The van der Waals surface area contributed by atoms with Crippen molar-refractivity contribution in [1.29, 1.82) is 0 Å². The first-order valence-electron chi connectivity index (χ1n) is 9.86. The van der Waals surface area contributed by atoms with Crippen LogP contribution in [-0.2, 0) is 28.8 Å². The highest BCUT2D eigenvalue weighted by Gasteiger charge is 2.33. The Morgan fingerprint density at radius 3 is 1.94 bits per heavy atom. The summed E-state index contributed by atoms with van der Waals surface area (Å²) in [5.74, 6) is -6.03. The van der Waals surface area contributed by atoms with Crippen molar-refractivity contribution in [2.24, 2.45) is 11.5 Å². The molecule has 5 unspecified atom stereocenters. The minimum atomic E-state index is -1.61. The Morgan fingerprint density at radius 2 is 1.48 bits per heavy atom. The highest BCUT2D eigenvalue weighted by Crippen LogP contribution is 2.04. The smallest absolute Gasteiger partial charge is 0.326 e. The second-order valence-corrected chi connectivity index (χ2v) is 8.16. The first kappa shape index (κ1) is 30.1. The topological polar surface area (TPSA) is 251 Å². The number of rotatable bonds is 16. The van der Waals surface area contributed by atoms with E-state index in [1.165, 1.54) is 18.7 Å². The number of carboxylic acid groups (broad SMARTS) is 2. The quantitative estimate of drug-likeness (QED) is 0.106. The van der Waals surface area contributed by atoms with Gasteiger partial charge in [-0.25, -0.2) is 4.79 Å². The molecule has 0 aliphatic rings. The van der Waals surface area contributed by atoms with Crippen molar-refractivity contribution in [3.05, 3.63) is 0 Å². The van der Waals surface area contributed by atoms with Crippen LogP contribution in [-0.4, -0.2) is 93.2 Å². The zero-order chi connectivity index (χ0) is 25.7. The first-order chi connectivity index (χ1) is 15.3. The van der Waals surface area contributed by atoms with Crippen molar-refractivity contribution >= 4 is 47.3 Å². The third kappa shape index (κ3) is 12.1. The molecular weight excluding hydrogens is 462 g/mol. The monoisotopic (exact) mass is 493 g/mol. The van der Waals surface area contributed by atoms with Gasteiger partial charge in [0.2, 0.25) is 23.6 Å². The minimum Gasteiger partial charge on any atom is -0.481 e. The predicted molar refractivity (Wildman–Crippen MR) is 117 cm³/mol. The average molecular weight is 494 g/mol. The van der Waals surface area contributed by atoms with E-state index in [0.717, 1.165) is 0 Å². The molecule has 5 atom stereocenters. The molecule has 0 saturated carbocycles. The van der Waals surface area contributed by atoms with Crippen LogP contribution in [0.4, 0.5) is 0 Å². The molecule has 0 heterocycles. The molecule has 0 rings (SSSR count). The molecule has 0 radical (unpaired) electrons. The summed E-state index contributed by atoms with van der Waals surface area (Å²) in [6, 6.07) is -5.75. The van der Waals surface area contributed by atoms with Gasteiger partial charge in [0, 0.05) is 6.42 Å². The van der Waals surface area contributed by atoms with E-state index in [4.69, 9.17) is 16.6 Å². The molecule has 0 aromatic carbocycles. The van der Waals surface area contributed by atoms with Gasteiger partial charge in [-0.15, -0.1) is 0 Å². The summed E-state index contributed by atoms with van der Waals surface area (Å²) in [6.07, 6.45) is -0.942. The number of hydrogen-bond donors (Lipinski definition) is 8. The van der Waals surface area contributed by atoms with Gasteiger partial charge in [0.25, 0.3) is 0 Å². The van der Waals surface area contributed by atoms with Gasteiger partial charge in [-0.1, -0.05) is 0 Å². The standard InChI is InChI=1S/C18H31N5O9S/c1-8(24)14(23-15(28)9(19)3-4-13(26)27)17(30)22-11(7-12(20)25)16(29)21-10(18(31)32)5-6-33-2/h8-11,14,24H,3-7,19H2,1-2H3,(H2,20,25)(H,21,29)(H,22,30)(H,23,28)(H,26,27)(H,31,32). The van der Waals surface area contributed by atoms with Crippen molar-refractivity contribution < 1.29 is 44.1 Å². The average Bonchev–Trinajstić information content (AvgIpc) is 2.71. The molecular formula is C18H31N5O9S. The van der Waals surface area contributed by atoms with Gasteiger partial charge in [0.1, 0.15) is 18.1 Å². The number of carbonyl (C=O) groups is 6. The van der Waals surface area contributed by atoms with Crippen molar-refractivity contribution in [3.63, 3.8) is 0 Å². The number of aliphatic hydroxyl groups excluding tert-OH is 1. The van der Waals surface area contributed by atoms with E-state index in [2.05, 4.69) is 16.0 Å². The third-order valence-electron chi connectivity index (χ3n) is 4.33.